The second-order valence-corrected chi connectivity index (χ2v) is 8.00. The zero-order chi connectivity index (χ0) is 19.4. The molecule has 0 bridgehead atoms. The van der Waals surface area contributed by atoms with Crippen molar-refractivity contribution in [1.29, 1.82) is 0 Å². The molecule has 1 aromatic rings. The molecule has 1 aromatic heterocycles. The maximum atomic E-state index is 12.9. The van der Waals surface area contributed by atoms with Gasteiger partial charge in [-0.2, -0.15) is 0 Å². The standard InChI is InChI=1S/C21H33N3O3/c1-15-13-16(2)24(11-12-27-3)21(26)19(15)20(25)22-14-17-7-6-10-23-9-5-4-8-18(17)23/h13,17-18H,4-12,14H2,1-3H3,(H,22,25)/t17-,18-/m0/s1. The second-order valence-electron chi connectivity index (χ2n) is 8.00. The Morgan fingerprint density at radius 3 is 2.78 bits per heavy atom. The van der Waals surface area contributed by atoms with E-state index < -0.39 is 0 Å². The zero-order valence-corrected chi connectivity index (χ0v) is 16.9. The van der Waals surface area contributed by atoms with Crippen LogP contribution in [0.15, 0.2) is 10.9 Å². The number of hydrogen-bond donors (Lipinski definition) is 1. The Bertz CT molecular complexity index is 726. The van der Waals surface area contributed by atoms with Crippen molar-refractivity contribution in [3.63, 3.8) is 0 Å². The fraction of sp³-hybridized carbons (Fsp3) is 0.714. The number of pyridine rings is 1. The van der Waals surface area contributed by atoms with Crippen LogP contribution in [0.1, 0.15) is 53.7 Å². The molecule has 0 aliphatic carbocycles. The summed E-state index contributed by atoms with van der Waals surface area (Å²) >= 11 is 0. The number of nitrogens with zero attached hydrogens (tertiary/aromatic N) is 2. The number of amides is 1. The van der Waals surface area contributed by atoms with E-state index in [2.05, 4.69) is 10.2 Å². The van der Waals surface area contributed by atoms with Crippen LogP contribution in [0.2, 0.25) is 0 Å². The van der Waals surface area contributed by atoms with Crippen molar-refractivity contribution in [3.8, 4) is 0 Å². The smallest absolute Gasteiger partial charge is 0.263 e. The lowest BCUT2D eigenvalue weighted by molar-refractivity contribution is 0.0575. The van der Waals surface area contributed by atoms with Crippen LogP contribution in [0.25, 0.3) is 0 Å². The fourth-order valence-electron chi connectivity index (χ4n) is 4.79. The van der Waals surface area contributed by atoms with E-state index in [4.69, 9.17) is 4.74 Å². The van der Waals surface area contributed by atoms with Crippen molar-refractivity contribution in [2.24, 2.45) is 5.92 Å². The van der Waals surface area contributed by atoms with E-state index in [1.54, 1.807) is 11.7 Å². The molecule has 2 saturated heterocycles. The summed E-state index contributed by atoms with van der Waals surface area (Å²) in [4.78, 5) is 28.3. The summed E-state index contributed by atoms with van der Waals surface area (Å²) in [7, 11) is 1.61. The van der Waals surface area contributed by atoms with Crippen molar-refractivity contribution in [3.05, 3.63) is 33.2 Å². The van der Waals surface area contributed by atoms with E-state index in [-0.39, 0.29) is 17.0 Å². The van der Waals surface area contributed by atoms with E-state index >= 15 is 0 Å². The molecule has 2 aliphatic heterocycles. The van der Waals surface area contributed by atoms with Gasteiger partial charge in [0, 0.05) is 31.9 Å². The average molecular weight is 376 g/mol. The minimum Gasteiger partial charge on any atom is -0.383 e. The summed E-state index contributed by atoms with van der Waals surface area (Å²) in [6, 6.07) is 2.50. The van der Waals surface area contributed by atoms with E-state index in [1.807, 2.05) is 19.9 Å². The fourth-order valence-corrected chi connectivity index (χ4v) is 4.79. The van der Waals surface area contributed by atoms with Gasteiger partial charge in [-0.3, -0.25) is 9.59 Å². The number of methoxy groups -OCH3 is 1. The van der Waals surface area contributed by atoms with Gasteiger partial charge in [0.25, 0.3) is 11.5 Å². The van der Waals surface area contributed by atoms with Gasteiger partial charge in [-0.15, -0.1) is 0 Å². The molecule has 0 aromatic carbocycles. The number of hydrogen-bond acceptors (Lipinski definition) is 4. The number of fused-ring (bicyclic) bond motifs is 1. The molecule has 6 heteroatoms. The van der Waals surface area contributed by atoms with Gasteiger partial charge >= 0.3 is 0 Å². The van der Waals surface area contributed by atoms with Gasteiger partial charge in [0.2, 0.25) is 0 Å². The third kappa shape index (κ3) is 4.43. The molecular formula is C21H33N3O3. The van der Waals surface area contributed by atoms with E-state index in [0.717, 1.165) is 17.7 Å². The molecule has 3 rings (SSSR count). The highest BCUT2D eigenvalue weighted by atomic mass is 16.5. The molecule has 2 aliphatic rings. The number of rotatable bonds is 6. The second kappa shape index (κ2) is 9.02. The van der Waals surface area contributed by atoms with Crippen molar-refractivity contribution in [1.82, 2.24) is 14.8 Å². The summed E-state index contributed by atoms with van der Waals surface area (Å²) in [6.07, 6.45) is 6.16. The number of aryl methyl sites for hydroxylation is 2. The Balaban J connectivity index is 1.71. The van der Waals surface area contributed by atoms with Crippen molar-refractivity contribution in [2.45, 2.75) is 58.5 Å². The summed E-state index contributed by atoms with van der Waals surface area (Å²) in [6.45, 7) is 7.68. The monoisotopic (exact) mass is 375 g/mol. The van der Waals surface area contributed by atoms with E-state index in [9.17, 15) is 9.59 Å². The lowest BCUT2D eigenvalue weighted by Crippen LogP contribution is -2.51. The van der Waals surface area contributed by atoms with Crippen LogP contribution in [0.4, 0.5) is 0 Å². The number of carbonyl (C=O) groups excluding carboxylic acids is 1. The van der Waals surface area contributed by atoms with Crippen LogP contribution >= 0.6 is 0 Å². The number of nitrogens with one attached hydrogen (secondary N) is 1. The van der Waals surface area contributed by atoms with Gasteiger partial charge in [0.1, 0.15) is 5.56 Å². The van der Waals surface area contributed by atoms with Crippen LogP contribution in [-0.4, -0.2) is 54.8 Å². The lowest BCUT2D eigenvalue weighted by Gasteiger charge is -2.44. The first-order chi connectivity index (χ1) is 13.0. The van der Waals surface area contributed by atoms with Gasteiger partial charge in [-0.05, 0) is 70.2 Å². The third-order valence-corrected chi connectivity index (χ3v) is 6.20. The topological polar surface area (TPSA) is 63.6 Å². The molecule has 2 fully saturated rings. The van der Waals surface area contributed by atoms with E-state index in [0.29, 0.717) is 31.7 Å². The first-order valence-electron chi connectivity index (χ1n) is 10.2. The molecule has 27 heavy (non-hydrogen) atoms. The third-order valence-electron chi connectivity index (χ3n) is 6.20. The maximum Gasteiger partial charge on any atom is 0.263 e. The molecule has 1 N–H and O–H groups in total. The Morgan fingerprint density at radius 2 is 2.00 bits per heavy atom. The largest absolute Gasteiger partial charge is 0.383 e. The highest BCUT2D eigenvalue weighted by Gasteiger charge is 2.33. The van der Waals surface area contributed by atoms with Crippen LogP contribution in [0.3, 0.4) is 0 Å². The summed E-state index contributed by atoms with van der Waals surface area (Å²) in [5, 5.41) is 3.08. The molecule has 0 spiro atoms. The van der Waals surface area contributed by atoms with E-state index in [1.165, 1.54) is 38.8 Å². The van der Waals surface area contributed by atoms with Gasteiger partial charge in [0.15, 0.2) is 0 Å². The van der Waals surface area contributed by atoms with Crippen LogP contribution in [-0.2, 0) is 11.3 Å². The van der Waals surface area contributed by atoms with Gasteiger partial charge in [0.05, 0.1) is 6.61 Å². The van der Waals surface area contributed by atoms with Crippen LogP contribution in [0.5, 0.6) is 0 Å². The molecule has 0 saturated carbocycles. The van der Waals surface area contributed by atoms with Gasteiger partial charge in [-0.25, -0.2) is 0 Å². The molecule has 0 unspecified atom stereocenters. The minimum atomic E-state index is -0.239. The van der Waals surface area contributed by atoms with Gasteiger partial charge in [-0.1, -0.05) is 6.42 Å². The Kier molecular flexibility index (Phi) is 6.71. The predicted octanol–water partition coefficient (Wildman–Crippen LogP) is 2.11. The first-order valence-corrected chi connectivity index (χ1v) is 10.2. The minimum absolute atomic E-state index is 0.218. The molecule has 3 heterocycles. The molecular weight excluding hydrogens is 342 g/mol. The number of aromatic nitrogens is 1. The average Bonchev–Trinajstić information content (AvgIpc) is 2.66. The lowest BCUT2D eigenvalue weighted by atomic mass is 9.83. The highest BCUT2D eigenvalue weighted by molar-refractivity contribution is 5.95. The maximum absolute atomic E-state index is 12.9. The summed E-state index contributed by atoms with van der Waals surface area (Å²) in [5.74, 6) is 0.251. The van der Waals surface area contributed by atoms with Crippen LogP contribution < -0.4 is 10.9 Å². The Labute approximate surface area is 161 Å². The highest BCUT2D eigenvalue weighted by Crippen LogP contribution is 2.30. The van der Waals surface area contributed by atoms with Crippen molar-refractivity contribution < 1.29 is 9.53 Å². The quantitative estimate of drug-likeness (QED) is 0.827. The normalized spacial score (nSPS) is 23.1. The summed E-state index contributed by atoms with van der Waals surface area (Å²) in [5.41, 5.74) is 1.65. The molecule has 150 valence electrons. The number of carbonyl (C=O) groups is 1. The molecule has 1 amide bonds. The molecule has 6 nitrogen and oxygen atoms in total. The zero-order valence-electron chi connectivity index (χ0n) is 16.9. The molecule has 2 atom stereocenters. The SMILES string of the molecule is COCCn1c(C)cc(C)c(C(=O)NC[C@@H]2CCCN3CCCC[C@@H]23)c1=O. The number of ether oxygens (including phenoxy) is 1. The molecule has 0 radical (unpaired) electrons. The van der Waals surface area contributed by atoms with Crippen LogP contribution in [0, 0.1) is 19.8 Å². The summed E-state index contributed by atoms with van der Waals surface area (Å²) < 4.78 is 6.73. The first kappa shape index (κ1) is 20.1. The van der Waals surface area contributed by atoms with Gasteiger partial charge < -0.3 is 19.5 Å². The predicted molar refractivity (Wildman–Crippen MR) is 106 cm³/mol. The Morgan fingerprint density at radius 1 is 1.22 bits per heavy atom. The van der Waals surface area contributed by atoms with Crippen molar-refractivity contribution >= 4 is 5.91 Å². The number of piperidine rings is 2. The Hall–Kier alpha value is -1.66. The van der Waals surface area contributed by atoms with Crippen molar-refractivity contribution in [2.75, 3.05) is 33.4 Å².